The van der Waals surface area contributed by atoms with Crippen molar-refractivity contribution < 1.29 is 4.79 Å². The molecule has 1 aromatic carbocycles. The first-order chi connectivity index (χ1) is 6.66. The van der Waals surface area contributed by atoms with E-state index < -0.39 is 0 Å². The van der Waals surface area contributed by atoms with Crippen LogP contribution in [-0.4, -0.2) is 29.9 Å². The lowest BCUT2D eigenvalue weighted by atomic mass is 10.1. The molecule has 1 fully saturated rings. The van der Waals surface area contributed by atoms with Crippen LogP contribution in [0.5, 0.6) is 0 Å². The molecule has 0 aromatic heterocycles. The van der Waals surface area contributed by atoms with E-state index in [0.29, 0.717) is 13.1 Å². The number of rotatable bonds is 1. The molecule has 0 radical (unpaired) electrons. The second kappa shape index (κ2) is 3.71. The Morgan fingerprint density at radius 3 is 2.43 bits per heavy atom. The molecule has 0 aliphatic carbocycles. The van der Waals surface area contributed by atoms with Crippen molar-refractivity contribution in [2.75, 3.05) is 13.1 Å². The van der Waals surface area contributed by atoms with Gasteiger partial charge in [0.05, 0.1) is 0 Å². The molecule has 0 spiro atoms. The van der Waals surface area contributed by atoms with Crippen LogP contribution in [-0.2, 0) is 0 Å². The smallest absolute Gasteiger partial charge is 0.253 e. The Balaban J connectivity index is 2.08. The van der Waals surface area contributed by atoms with E-state index in [1.54, 1.807) is 4.90 Å². The van der Waals surface area contributed by atoms with Crippen molar-refractivity contribution in [3.63, 3.8) is 0 Å². The summed E-state index contributed by atoms with van der Waals surface area (Å²) in [7, 11) is 0. The average molecular weight is 255 g/mol. The van der Waals surface area contributed by atoms with Crippen LogP contribution in [0.2, 0.25) is 0 Å². The molecular weight excluding hydrogens is 244 g/mol. The zero-order valence-corrected chi connectivity index (χ0v) is 9.20. The molecule has 0 unspecified atom stereocenters. The maximum atomic E-state index is 11.7. The van der Waals surface area contributed by atoms with Crippen molar-refractivity contribution in [3.05, 3.63) is 34.3 Å². The van der Waals surface area contributed by atoms with Gasteiger partial charge in [-0.15, -0.1) is 0 Å². The molecule has 2 rings (SSSR count). The highest BCUT2D eigenvalue weighted by Crippen LogP contribution is 2.15. The third kappa shape index (κ3) is 1.81. The molecule has 1 aromatic rings. The molecular formula is C10H11BrN2O. The Labute approximate surface area is 91.0 Å². The molecule has 0 atom stereocenters. The van der Waals surface area contributed by atoms with E-state index in [-0.39, 0.29) is 11.9 Å². The van der Waals surface area contributed by atoms with Crippen LogP contribution in [0.1, 0.15) is 10.4 Å². The van der Waals surface area contributed by atoms with Gasteiger partial charge in [0.15, 0.2) is 0 Å². The summed E-state index contributed by atoms with van der Waals surface area (Å²) in [6, 6.07) is 7.53. The largest absolute Gasteiger partial charge is 0.335 e. The first-order valence-electron chi connectivity index (χ1n) is 4.47. The first-order valence-corrected chi connectivity index (χ1v) is 5.26. The Morgan fingerprint density at radius 2 is 1.93 bits per heavy atom. The van der Waals surface area contributed by atoms with E-state index in [1.807, 2.05) is 24.3 Å². The minimum Gasteiger partial charge on any atom is -0.335 e. The number of hydrogen-bond acceptors (Lipinski definition) is 2. The molecule has 0 bridgehead atoms. The minimum absolute atomic E-state index is 0.0687. The van der Waals surface area contributed by atoms with Gasteiger partial charge in [-0.1, -0.05) is 15.9 Å². The summed E-state index contributed by atoms with van der Waals surface area (Å²) >= 11 is 3.33. The van der Waals surface area contributed by atoms with Gasteiger partial charge in [-0.2, -0.15) is 0 Å². The van der Waals surface area contributed by atoms with Crippen LogP contribution >= 0.6 is 15.9 Å². The fourth-order valence-corrected chi connectivity index (χ4v) is 1.72. The van der Waals surface area contributed by atoms with Crippen LogP contribution in [0.3, 0.4) is 0 Å². The predicted octanol–water partition coefficient (Wildman–Crippen LogP) is 1.23. The molecule has 1 amide bonds. The highest BCUT2D eigenvalue weighted by atomic mass is 79.9. The number of benzene rings is 1. The number of nitrogens with two attached hydrogens (primary N) is 1. The van der Waals surface area contributed by atoms with Gasteiger partial charge in [-0.05, 0) is 24.3 Å². The van der Waals surface area contributed by atoms with Gasteiger partial charge < -0.3 is 10.6 Å². The maximum Gasteiger partial charge on any atom is 0.253 e. The predicted molar refractivity (Wildman–Crippen MR) is 58.0 cm³/mol. The van der Waals surface area contributed by atoms with Crippen molar-refractivity contribution >= 4 is 21.8 Å². The van der Waals surface area contributed by atoms with Crippen molar-refractivity contribution in [1.29, 1.82) is 0 Å². The summed E-state index contributed by atoms with van der Waals surface area (Å²) in [6.07, 6.45) is 0. The highest BCUT2D eigenvalue weighted by Gasteiger charge is 2.27. The van der Waals surface area contributed by atoms with Gasteiger partial charge in [-0.3, -0.25) is 4.79 Å². The Kier molecular flexibility index (Phi) is 2.56. The normalized spacial score (nSPS) is 16.6. The molecule has 4 heteroatoms. The fourth-order valence-electron chi connectivity index (χ4n) is 1.45. The quantitative estimate of drug-likeness (QED) is 0.820. The Hall–Kier alpha value is -0.870. The van der Waals surface area contributed by atoms with E-state index in [4.69, 9.17) is 5.73 Å². The number of carbonyl (C=O) groups excluding carboxylic acids is 1. The van der Waals surface area contributed by atoms with Crippen molar-refractivity contribution in [2.24, 2.45) is 5.73 Å². The van der Waals surface area contributed by atoms with E-state index >= 15 is 0 Å². The van der Waals surface area contributed by atoms with Crippen LogP contribution in [0.25, 0.3) is 0 Å². The van der Waals surface area contributed by atoms with Crippen LogP contribution in [0.15, 0.2) is 28.7 Å². The second-order valence-corrected chi connectivity index (χ2v) is 4.39. The van der Waals surface area contributed by atoms with Gasteiger partial charge in [0.25, 0.3) is 5.91 Å². The number of nitrogens with zero attached hydrogens (tertiary/aromatic N) is 1. The van der Waals surface area contributed by atoms with E-state index in [1.165, 1.54) is 0 Å². The molecule has 1 saturated heterocycles. The molecule has 14 heavy (non-hydrogen) atoms. The number of likely N-dealkylation sites (tertiary alicyclic amines) is 1. The number of hydrogen-bond donors (Lipinski definition) is 1. The van der Waals surface area contributed by atoms with Gasteiger partial charge in [-0.25, -0.2) is 0 Å². The minimum atomic E-state index is 0.0687. The number of amides is 1. The van der Waals surface area contributed by atoms with E-state index in [2.05, 4.69) is 15.9 Å². The standard InChI is InChI=1S/C10H11BrN2O/c11-8-3-1-7(2-4-8)10(14)13-5-9(12)6-13/h1-4,9H,5-6,12H2. The van der Waals surface area contributed by atoms with E-state index in [0.717, 1.165) is 10.0 Å². The van der Waals surface area contributed by atoms with Crippen molar-refractivity contribution in [3.8, 4) is 0 Å². The summed E-state index contributed by atoms with van der Waals surface area (Å²) in [5, 5.41) is 0. The van der Waals surface area contributed by atoms with E-state index in [9.17, 15) is 4.79 Å². The fraction of sp³-hybridized carbons (Fsp3) is 0.300. The lowest BCUT2D eigenvalue weighted by Crippen LogP contribution is -2.57. The first kappa shape index (κ1) is 9.68. The summed E-state index contributed by atoms with van der Waals surface area (Å²) in [5.74, 6) is 0.0687. The van der Waals surface area contributed by atoms with Crippen molar-refractivity contribution in [1.82, 2.24) is 4.90 Å². The zero-order valence-electron chi connectivity index (χ0n) is 7.61. The van der Waals surface area contributed by atoms with Gasteiger partial charge >= 0.3 is 0 Å². The Bertz CT molecular complexity index is 344. The van der Waals surface area contributed by atoms with Crippen LogP contribution < -0.4 is 5.73 Å². The molecule has 1 aliphatic heterocycles. The lowest BCUT2D eigenvalue weighted by molar-refractivity contribution is 0.0608. The number of halogens is 1. The zero-order chi connectivity index (χ0) is 10.1. The molecule has 1 heterocycles. The third-order valence-corrected chi connectivity index (χ3v) is 2.82. The summed E-state index contributed by atoms with van der Waals surface area (Å²) in [6.45, 7) is 1.35. The summed E-state index contributed by atoms with van der Waals surface area (Å²) < 4.78 is 0.981. The monoisotopic (exact) mass is 254 g/mol. The molecule has 2 N–H and O–H groups in total. The number of carbonyl (C=O) groups is 1. The SMILES string of the molecule is NC1CN(C(=O)c2ccc(Br)cc2)C1. The molecule has 1 aliphatic rings. The second-order valence-electron chi connectivity index (χ2n) is 3.48. The topological polar surface area (TPSA) is 46.3 Å². The highest BCUT2D eigenvalue weighted by molar-refractivity contribution is 9.10. The Morgan fingerprint density at radius 1 is 1.36 bits per heavy atom. The summed E-state index contributed by atoms with van der Waals surface area (Å²) in [4.78, 5) is 13.5. The third-order valence-electron chi connectivity index (χ3n) is 2.29. The van der Waals surface area contributed by atoms with Crippen LogP contribution in [0, 0.1) is 0 Å². The molecule has 0 saturated carbocycles. The van der Waals surface area contributed by atoms with Gasteiger partial charge in [0.1, 0.15) is 0 Å². The van der Waals surface area contributed by atoms with Crippen LogP contribution in [0.4, 0.5) is 0 Å². The van der Waals surface area contributed by atoms with Gasteiger partial charge in [0, 0.05) is 29.2 Å². The average Bonchev–Trinajstić information content (AvgIpc) is 2.13. The molecule has 3 nitrogen and oxygen atoms in total. The summed E-state index contributed by atoms with van der Waals surface area (Å²) in [5.41, 5.74) is 6.33. The maximum absolute atomic E-state index is 11.7. The molecule has 74 valence electrons. The lowest BCUT2D eigenvalue weighted by Gasteiger charge is -2.36. The van der Waals surface area contributed by atoms with Crippen molar-refractivity contribution in [2.45, 2.75) is 6.04 Å². The van der Waals surface area contributed by atoms with Gasteiger partial charge in [0.2, 0.25) is 0 Å².